The highest BCUT2D eigenvalue weighted by Gasteiger charge is 2.35. The molecule has 0 aliphatic carbocycles. The van der Waals surface area contributed by atoms with Crippen LogP contribution in [0.5, 0.6) is 5.75 Å². The molecule has 2 aromatic rings. The first-order chi connectivity index (χ1) is 14.2. The Morgan fingerprint density at radius 1 is 1.03 bits per heavy atom. The van der Waals surface area contributed by atoms with Crippen LogP contribution < -0.4 is 10.1 Å². The van der Waals surface area contributed by atoms with Gasteiger partial charge < -0.3 is 14.8 Å². The Bertz CT molecular complexity index is 955. The van der Waals surface area contributed by atoms with E-state index in [9.17, 15) is 9.59 Å². The van der Waals surface area contributed by atoms with Gasteiger partial charge in [0.15, 0.2) is 0 Å². The first-order valence-corrected chi connectivity index (χ1v) is 12.9. The molecule has 8 heteroatoms. The number of ether oxygens (including phenoxy) is 2. The van der Waals surface area contributed by atoms with Gasteiger partial charge in [0.2, 0.25) is 0 Å². The normalized spacial score (nSPS) is 15.0. The minimum Gasteiger partial charge on any atom is -0.456 e. The number of esters is 2. The molecule has 0 unspecified atom stereocenters. The molecule has 0 radical (unpaired) electrons. The SMILES string of the molecule is CC(C)(OC(=O)c1cccc(OC(=O)c2cc(I)cc(I)c2I)c1)C1CC[NH2+]CC1. The standard InChI is InChI=1S/C22H22I3NO4/c1-22(2,14-6-8-26-9-7-14)30-20(27)13-4-3-5-16(10-13)29-21(28)17-11-15(23)12-18(24)19(17)25/h3-5,10-12,14,26H,6-9H2,1-2H3/p+1. The van der Waals surface area contributed by atoms with Crippen LogP contribution in [0.2, 0.25) is 0 Å². The minimum atomic E-state index is -0.536. The minimum absolute atomic E-state index is 0.323. The fourth-order valence-electron chi connectivity index (χ4n) is 3.56. The highest BCUT2D eigenvalue weighted by atomic mass is 127. The molecule has 2 N–H and O–H groups in total. The lowest BCUT2D eigenvalue weighted by molar-refractivity contribution is -0.665. The second kappa shape index (κ2) is 10.4. The van der Waals surface area contributed by atoms with Gasteiger partial charge in [0.05, 0.1) is 24.2 Å². The Hall–Kier alpha value is -0.470. The fourth-order valence-corrected chi connectivity index (χ4v) is 5.93. The molecule has 3 rings (SSSR count). The summed E-state index contributed by atoms with van der Waals surface area (Å²) in [4.78, 5) is 25.5. The Labute approximate surface area is 217 Å². The Morgan fingerprint density at radius 3 is 2.43 bits per heavy atom. The molecule has 0 amide bonds. The maximum absolute atomic E-state index is 12.8. The zero-order chi connectivity index (χ0) is 21.9. The molecule has 2 aromatic carbocycles. The smallest absolute Gasteiger partial charge is 0.344 e. The van der Waals surface area contributed by atoms with E-state index in [0.717, 1.165) is 36.6 Å². The van der Waals surface area contributed by atoms with Crippen LogP contribution >= 0.6 is 67.8 Å². The van der Waals surface area contributed by atoms with Crippen molar-refractivity contribution in [3.8, 4) is 5.75 Å². The second-order valence-corrected chi connectivity index (χ2v) is 11.3. The Morgan fingerprint density at radius 2 is 1.73 bits per heavy atom. The van der Waals surface area contributed by atoms with Crippen molar-refractivity contribution in [2.24, 2.45) is 5.92 Å². The summed E-state index contributed by atoms with van der Waals surface area (Å²) in [5, 5.41) is 2.29. The van der Waals surface area contributed by atoms with E-state index >= 15 is 0 Å². The number of rotatable bonds is 5. The summed E-state index contributed by atoms with van der Waals surface area (Å²) in [5.41, 5.74) is 0.351. The van der Waals surface area contributed by atoms with Gasteiger partial charge in [-0.05, 0) is 112 Å². The number of hydrogen-bond acceptors (Lipinski definition) is 4. The molecule has 0 atom stereocenters. The number of piperidine rings is 1. The molecule has 0 bridgehead atoms. The summed E-state index contributed by atoms with van der Waals surface area (Å²) in [7, 11) is 0. The van der Waals surface area contributed by atoms with Gasteiger partial charge in [-0.1, -0.05) is 6.07 Å². The van der Waals surface area contributed by atoms with Crippen molar-refractivity contribution in [3.63, 3.8) is 0 Å². The van der Waals surface area contributed by atoms with Gasteiger partial charge in [-0.15, -0.1) is 0 Å². The van der Waals surface area contributed by atoms with Crippen molar-refractivity contribution < 1.29 is 24.4 Å². The van der Waals surface area contributed by atoms with E-state index in [2.05, 4.69) is 73.1 Å². The van der Waals surface area contributed by atoms with Gasteiger partial charge in [0, 0.05) is 29.5 Å². The lowest BCUT2D eigenvalue weighted by atomic mass is 9.83. The van der Waals surface area contributed by atoms with E-state index in [1.54, 1.807) is 30.3 Å². The van der Waals surface area contributed by atoms with Crippen molar-refractivity contribution in [1.29, 1.82) is 0 Å². The topological polar surface area (TPSA) is 69.2 Å². The highest BCUT2D eigenvalue weighted by Crippen LogP contribution is 2.29. The average molecular weight is 746 g/mol. The summed E-state index contributed by atoms with van der Waals surface area (Å²) < 4.78 is 14.2. The van der Waals surface area contributed by atoms with E-state index in [-0.39, 0.29) is 0 Å². The zero-order valence-electron chi connectivity index (χ0n) is 16.7. The molecule has 30 heavy (non-hydrogen) atoms. The van der Waals surface area contributed by atoms with Crippen molar-refractivity contribution in [1.82, 2.24) is 0 Å². The third kappa shape index (κ3) is 6.06. The molecule has 0 saturated carbocycles. The molecule has 1 heterocycles. The van der Waals surface area contributed by atoms with E-state index in [1.165, 1.54) is 0 Å². The Kier molecular flexibility index (Phi) is 8.41. The van der Waals surface area contributed by atoms with Gasteiger partial charge in [0.1, 0.15) is 11.4 Å². The third-order valence-electron chi connectivity index (χ3n) is 5.27. The van der Waals surface area contributed by atoms with E-state index < -0.39 is 17.5 Å². The summed E-state index contributed by atoms with van der Waals surface area (Å²) in [6, 6.07) is 10.4. The van der Waals surface area contributed by atoms with E-state index in [1.807, 2.05) is 19.9 Å². The summed E-state index contributed by atoms with van der Waals surface area (Å²) in [5.74, 6) is -0.173. The molecular formula is C22H23I3NO4+. The third-order valence-corrected chi connectivity index (χ3v) is 8.94. The molecule has 1 aliphatic heterocycles. The van der Waals surface area contributed by atoms with Gasteiger partial charge in [-0.25, -0.2) is 9.59 Å². The van der Waals surface area contributed by atoms with Crippen molar-refractivity contribution in [2.75, 3.05) is 13.1 Å². The quantitative estimate of drug-likeness (QED) is 0.210. The monoisotopic (exact) mass is 746 g/mol. The van der Waals surface area contributed by atoms with Crippen LogP contribution in [-0.2, 0) is 4.74 Å². The Balaban J connectivity index is 1.73. The van der Waals surface area contributed by atoms with Gasteiger partial charge >= 0.3 is 11.9 Å². The highest BCUT2D eigenvalue weighted by molar-refractivity contribution is 14.1. The lowest BCUT2D eigenvalue weighted by Crippen LogP contribution is -2.86. The molecular weight excluding hydrogens is 723 g/mol. The lowest BCUT2D eigenvalue weighted by Gasteiger charge is -2.35. The van der Waals surface area contributed by atoms with Crippen LogP contribution in [0.25, 0.3) is 0 Å². The zero-order valence-corrected chi connectivity index (χ0v) is 23.2. The molecule has 0 aromatic heterocycles. The van der Waals surface area contributed by atoms with Crippen LogP contribution in [0.4, 0.5) is 0 Å². The van der Waals surface area contributed by atoms with Gasteiger partial charge in [-0.3, -0.25) is 0 Å². The first kappa shape index (κ1) is 24.2. The number of carbonyl (C=O) groups excluding carboxylic acids is 2. The number of halogens is 3. The molecule has 0 spiro atoms. The van der Waals surface area contributed by atoms with Crippen LogP contribution in [0.15, 0.2) is 36.4 Å². The van der Waals surface area contributed by atoms with Crippen LogP contribution in [0, 0.1) is 16.6 Å². The van der Waals surface area contributed by atoms with Gasteiger partial charge in [-0.2, -0.15) is 0 Å². The van der Waals surface area contributed by atoms with E-state index in [4.69, 9.17) is 9.47 Å². The summed E-state index contributed by atoms with van der Waals surface area (Å²) >= 11 is 6.52. The van der Waals surface area contributed by atoms with Crippen LogP contribution in [0.3, 0.4) is 0 Å². The molecule has 160 valence electrons. The molecule has 1 fully saturated rings. The van der Waals surface area contributed by atoms with Crippen molar-refractivity contribution in [3.05, 3.63) is 58.2 Å². The predicted octanol–water partition coefficient (Wildman–Crippen LogP) is 4.63. The number of quaternary nitrogens is 1. The average Bonchev–Trinajstić information content (AvgIpc) is 2.71. The summed E-state index contributed by atoms with van der Waals surface area (Å²) in [6.45, 7) is 6.08. The largest absolute Gasteiger partial charge is 0.456 e. The molecule has 5 nitrogen and oxygen atoms in total. The second-order valence-electron chi connectivity index (χ2n) is 7.80. The number of hydrogen-bond donors (Lipinski definition) is 1. The van der Waals surface area contributed by atoms with Crippen molar-refractivity contribution in [2.45, 2.75) is 32.3 Å². The summed E-state index contributed by atoms with van der Waals surface area (Å²) in [6.07, 6.45) is 2.07. The first-order valence-electron chi connectivity index (χ1n) is 9.69. The van der Waals surface area contributed by atoms with E-state index in [0.29, 0.717) is 22.8 Å². The molecule has 1 saturated heterocycles. The predicted molar refractivity (Wildman–Crippen MR) is 140 cm³/mol. The van der Waals surface area contributed by atoms with Crippen molar-refractivity contribution >= 4 is 79.7 Å². The maximum Gasteiger partial charge on any atom is 0.344 e. The number of benzene rings is 2. The maximum atomic E-state index is 12.8. The van der Waals surface area contributed by atoms with Crippen LogP contribution in [0.1, 0.15) is 47.4 Å². The number of nitrogens with two attached hydrogens (primary N) is 1. The molecule has 1 aliphatic rings. The van der Waals surface area contributed by atoms with Crippen LogP contribution in [-0.4, -0.2) is 30.6 Å². The fraction of sp³-hybridized carbons (Fsp3) is 0.364. The number of carbonyl (C=O) groups is 2. The van der Waals surface area contributed by atoms with Gasteiger partial charge in [0.25, 0.3) is 0 Å².